The van der Waals surface area contributed by atoms with Gasteiger partial charge >= 0.3 is 0 Å². The average Bonchev–Trinajstić information content (AvgIpc) is 3.13. The Bertz CT molecular complexity index is 1440. The van der Waals surface area contributed by atoms with Crippen LogP contribution in [0, 0.1) is 24.1 Å². The number of nitrogens with one attached hydrogen (secondary N) is 2. The SMILES string of the molecule is Cc1cc(CNC(=O)c2cc3c(F)cccc3nc2[C@H](C)Nc2ncnc(N)c2C#N)n(C)n1. The van der Waals surface area contributed by atoms with Crippen LogP contribution in [0.5, 0.6) is 0 Å². The number of halogens is 1. The molecule has 0 aliphatic heterocycles. The van der Waals surface area contributed by atoms with Crippen LogP contribution in [0.2, 0.25) is 0 Å². The first-order chi connectivity index (χ1) is 16.3. The van der Waals surface area contributed by atoms with Crippen LogP contribution in [0.25, 0.3) is 10.9 Å². The monoisotopic (exact) mass is 459 g/mol. The van der Waals surface area contributed by atoms with Crippen molar-refractivity contribution in [1.82, 2.24) is 30.0 Å². The van der Waals surface area contributed by atoms with Gasteiger partial charge in [0.25, 0.3) is 5.91 Å². The third-order valence-electron chi connectivity index (χ3n) is 5.36. The molecular weight excluding hydrogens is 437 g/mol. The highest BCUT2D eigenvalue weighted by atomic mass is 19.1. The molecule has 1 aromatic carbocycles. The largest absolute Gasteiger partial charge is 0.382 e. The summed E-state index contributed by atoms with van der Waals surface area (Å²) in [6.07, 6.45) is 1.23. The van der Waals surface area contributed by atoms with E-state index in [1.807, 2.05) is 19.1 Å². The van der Waals surface area contributed by atoms with E-state index in [-0.39, 0.29) is 34.7 Å². The second-order valence-corrected chi connectivity index (χ2v) is 7.77. The highest BCUT2D eigenvalue weighted by Crippen LogP contribution is 2.27. The molecule has 0 bridgehead atoms. The van der Waals surface area contributed by atoms with Gasteiger partial charge in [0.2, 0.25) is 0 Å². The highest BCUT2D eigenvalue weighted by Gasteiger charge is 2.22. The van der Waals surface area contributed by atoms with Gasteiger partial charge in [-0.1, -0.05) is 6.07 Å². The van der Waals surface area contributed by atoms with E-state index in [1.165, 1.54) is 18.5 Å². The Kier molecular flexibility index (Phi) is 6.05. The van der Waals surface area contributed by atoms with Gasteiger partial charge in [0.1, 0.15) is 35.4 Å². The summed E-state index contributed by atoms with van der Waals surface area (Å²) in [4.78, 5) is 25.7. The molecule has 4 N–H and O–H groups in total. The number of pyridine rings is 1. The standard InChI is InChI=1S/C23H22FN9O/c1-12-7-14(33(3)32-12)10-27-23(34)16-8-15-18(24)5-4-6-19(15)31-20(16)13(2)30-22-17(9-25)21(26)28-11-29-22/h4-8,11,13H,10H2,1-3H3,(H,27,34)(H3,26,28,29,30)/t13-/m0/s1. The van der Waals surface area contributed by atoms with Crippen molar-refractivity contribution in [3.05, 3.63) is 70.7 Å². The lowest BCUT2D eigenvalue weighted by Crippen LogP contribution is -2.27. The minimum absolute atomic E-state index is 0.0326. The number of anilines is 2. The van der Waals surface area contributed by atoms with E-state index in [0.717, 1.165) is 11.4 Å². The molecule has 172 valence electrons. The number of amides is 1. The Morgan fingerprint density at radius 3 is 2.82 bits per heavy atom. The predicted octanol–water partition coefficient (Wildman–Crippen LogP) is 2.76. The Morgan fingerprint density at radius 2 is 2.12 bits per heavy atom. The lowest BCUT2D eigenvalue weighted by Gasteiger charge is -2.19. The number of carbonyl (C=O) groups excluding carboxylic acids is 1. The number of carbonyl (C=O) groups is 1. The summed E-state index contributed by atoms with van der Waals surface area (Å²) in [6.45, 7) is 3.85. The van der Waals surface area contributed by atoms with Crippen LogP contribution >= 0.6 is 0 Å². The number of aryl methyl sites for hydroxylation is 2. The van der Waals surface area contributed by atoms with Crippen molar-refractivity contribution in [3.8, 4) is 6.07 Å². The van der Waals surface area contributed by atoms with Gasteiger partial charge in [-0.3, -0.25) is 9.48 Å². The molecule has 3 aromatic heterocycles. The average molecular weight is 459 g/mol. The first kappa shape index (κ1) is 22.6. The number of nitrogens with zero attached hydrogens (tertiary/aromatic N) is 6. The highest BCUT2D eigenvalue weighted by molar-refractivity contribution is 5.99. The molecule has 1 atom stereocenters. The van der Waals surface area contributed by atoms with Gasteiger partial charge in [-0.05, 0) is 38.1 Å². The van der Waals surface area contributed by atoms with Gasteiger partial charge in [-0.15, -0.1) is 0 Å². The normalized spacial score (nSPS) is 11.7. The van der Waals surface area contributed by atoms with Gasteiger partial charge in [-0.2, -0.15) is 10.4 Å². The fourth-order valence-electron chi connectivity index (χ4n) is 3.67. The zero-order valence-electron chi connectivity index (χ0n) is 18.8. The second-order valence-electron chi connectivity index (χ2n) is 7.77. The number of nitrogens with two attached hydrogens (primary N) is 1. The first-order valence-corrected chi connectivity index (χ1v) is 10.4. The number of nitriles is 1. The van der Waals surface area contributed by atoms with E-state index in [1.54, 1.807) is 30.8 Å². The minimum atomic E-state index is -0.575. The van der Waals surface area contributed by atoms with Gasteiger partial charge in [0, 0.05) is 12.4 Å². The van der Waals surface area contributed by atoms with Gasteiger partial charge in [-0.25, -0.2) is 19.3 Å². The van der Waals surface area contributed by atoms with Crippen molar-refractivity contribution >= 4 is 28.4 Å². The summed E-state index contributed by atoms with van der Waals surface area (Å²) in [5.41, 5.74) is 8.45. The molecule has 0 saturated carbocycles. The van der Waals surface area contributed by atoms with E-state index < -0.39 is 17.8 Å². The molecule has 0 aliphatic carbocycles. The van der Waals surface area contributed by atoms with E-state index in [4.69, 9.17) is 5.73 Å². The summed E-state index contributed by atoms with van der Waals surface area (Å²) >= 11 is 0. The minimum Gasteiger partial charge on any atom is -0.382 e. The second kappa shape index (κ2) is 9.11. The Hall–Kier alpha value is -4.59. The van der Waals surface area contributed by atoms with Crippen molar-refractivity contribution < 1.29 is 9.18 Å². The predicted molar refractivity (Wildman–Crippen MR) is 124 cm³/mol. The van der Waals surface area contributed by atoms with Crippen LogP contribution in [0.15, 0.2) is 36.7 Å². The maximum Gasteiger partial charge on any atom is 0.253 e. The molecule has 10 nitrogen and oxygen atoms in total. The summed E-state index contributed by atoms with van der Waals surface area (Å²) in [5.74, 6) is -0.669. The number of hydrogen-bond acceptors (Lipinski definition) is 8. The molecule has 4 aromatic rings. The summed E-state index contributed by atoms with van der Waals surface area (Å²) in [7, 11) is 1.79. The zero-order chi connectivity index (χ0) is 24.4. The van der Waals surface area contributed by atoms with Crippen molar-refractivity contribution in [1.29, 1.82) is 5.26 Å². The number of benzene rings is 1. The molecule has 0 unspecified atom stereocenters. The van der Waals surface area contributed by atoms with E-state index in [9.17, 15) is 14.4 Å². The van der Waals surface area contributed by atoms with Crippen LogP contribution in [0.4, 0.5) is 16.0 Å². The maximum absolute atomic E-state index is 14.5. The topological polar surface area (TPSA) is 147 Å². The molecule has 0 radical (unpaired) electrons. The van der Waals surface area contributed by atoms with Crippen LogP contribution in [-0.4, -0.2) is 30.6 Å². The molecule has 3 heterocycles. The number of hydrogen-bond donors (Lipinski definition) is 3. The van der Waals surface area contributed by atoms with Crippen molar-refractivity contribution in [2.24, 2.45) is 7.05 Å². The van der Waals surface area contributed by atoms with Gasteiger partial charge < -0.3 is 16.4 Å². The number of fused-ring (bicyclic) bond motifs is 1. The quantitative estimate of drug-likeness (QED) is 0.399. The van der Waals surface area contributed by atoms with Crippen LogP contribution < -0.4 is 16.4 Å². The molecular formula is C23H22FN9O. The lowest BCUT2D eigenvalue weighted by atomic mass is 10.0. The van der Waals surface area contributed by atoms with Crippen LogP contribution in [0.3, 0.4) is 0 Å². The molecule has 0 aliphatic rings. The van der Waals surface area contributed by atoms with Gasteiger partial charge in [0.15, 0.2) is 0 Å². The molecule has 0 saturated heterocycles. The third kappa shape index (κ3) is 4.33. The van der Waals surface area contributed by atoms with E-state index in [0.29, 0.717) is 11.2 Å². The van der Waals surface area contributed by atoms with Crippen LogP contribution in [-0.2, 0) is 13.6 Å². The molecule has 4 rings (SSSR count). The fourth-order valence-corrected chi connectivity index (χ4v) is 3.67. The molecule has 1 amide bonds. The summed E-state index contributed by atoms with van der Waals surface area (Å²) in [6, 6.07) is 9.27. The first-order valence-electron chi connectivity index (χ1n) is 10.4. The Balaban J connectivity index is 1.72. The Morgan fingerprint density at radius 1 is 1.32 bits per heavy atom. The van der Waals surface area contributed by atoms with Crippen molar-refractivity contribution in [2.45, 2.75) is 26.4 Å². The molecule has 0 fully saturated rings. The molecule has 34 heavy (non-hydrogen) atoms. The summed E-state index contributed by atoms with van der Waals surface area (Å²) in [5, 5.41) is 19.9. The van der Waals surface area contributed by atoms with Crippen LogP contribution in [0.1, 0.15) is 46.0 Å². The molecule has 0 spiro atoms. The number of aromatic nitrogens is 5. The van der Waals surface area contributed by atoms with Crippen molar-refractivity contribution in [2.75, 3.05) is 11.1 Å². The number of nitrogen functional groups attached to an aromatic ring is 1. The van der Waals surface area contributed by atoms with Crippen molar-refractivity contribution in [3.63, 3.8) is 0 Å². The van der Waals surface area contributed by atoms with Gasteiger partial charge in [0.05, 0.1) is 40.7 Å². The fraction of sp³-hybridized carbons (Fsp3) is 0.217. The Labute approximate surface area is 194 Å². The number of rotatable bonds is 6. The smallest absolute Gasteiger partial charge is 0.253 e. The van der Waals surface area contributed by atoms with E-state index >= 15 is 0 Å². The lowest BCUT2D eigenvalue weighted by molar-refractivity contribution is 0.0948. The van der Waals surface area contributed by atoms with E-state index in [2.05, 4.69) is 30.7 Å². The maximum atomic E-state index is 14.5. The zero-order valence-corrected chi connectivity index (χ0v) is 18.8. The summed E-state index contributed by atoms with van der Waals surface area (Å²) < 4.78 is 16.2. The third-order valence-corrected chi connectivity index (χ3v) is 5.36. The molecule has 11 heteroatoms.